The normalized spacial score (nSPS) is 10.2. The van der Waals surface area contributed by atoms with E-state index < -0.39 is 10.8 Å². The van der Waals surface area contributed by atoms with Crippen molar-refractivity contribution in [2.24, 2.45) is 5.10 Å². The predicted molar refractivity (Wildman–Crippen MR) is 60.7 cm³/mol. The van der Waals surface area contributed by atoms with Gasteiger partial charge in [-0.15, -0.1) is 5.10 Å². The lowest BCUT2D eigenvalue weighted by Crippen LogP contribution is -2.19. The first kappa shape index (κ1) is 12.6. The molecule has 1 N–H and O–H groups in total. The summed E-state index contributed by atoms with van der Waals surface area (Å²) < 4.78 is 4.76. The number of amides is 1. The Hall–Kier alpha value is -2.44. The van der Waals surface area contributed by atoms with Crippen LogP contribution in [0.3, 0.4) is 0 Å². The highest BCUT2D eigenvalue weighted by atomic mass is 16.6. The zero-order valence-electron chi connectivity index (χ0n) is 9.12. The summed E-state index contributed by atoms with van der Waals surface area (Å²) in [7, 11) is 0. The number of nitro groups is 1. The number of rotatable bonds is 5. The molecule has 0 saturated carbocycles. The summed E-state index contributed by atoms with van der Waals surface area (Å²) in [6.07, 6.45) is 1.06. The van der Waals surface area contributed by atoms with Crippen molar-refractivity contribution in [2.75, 3.05) is 6.61 Å². The molecule has 0 heterocycles. The monoisotopic (exact) mass is 237 g/mol. The number of ether oxygens (including phenoxy) is 1. The summed E-state index contributed by atoms with van der Waals surface area (Å²) in [5.74, 6) is -0.659. The van der Waals surface area contributed by atoms with E-state index in [0.717, 1.165) is 6.40 Å². The SMILES string of the molecule is CCO/C=N/NC(=O)c1ccccc1[N+](=O)[O-]. The quantitative estimate of drug-likeness (QED) is 0.361. The van der Waals surface area contributed by atoms with E-state index >= 15 is 0 Å². The van der Waals surface area contributed by atoms with Crippen LogP contribution in [0.5, 0.6) is 0 Å². The number of hydrogen-bond acceptors (Lipinski definition) is 5. The fourth-order valence-electron chi connectivity index (χ4n) is 1.08. The first-order chi connectivity index (χ1) is 8.16. The highest BCUT2D eigenvalue weighted by molar-refractivity contribution is 5.98. The van der Waals surface area contributed by atoms with Gasteiger partial charge in [-0.05, 0) is 13.0 Å². The minimum Gasteiger partial charge on any atom is -0.482 e. The van der Waals surface area contributed by atoms with Gasteiger partial charge in [0.2, 0.25) is 0 Å². The van der Waals surface area contributed by atoms with Gasteiger partial charge in [-0.3, -0.25) is 14.9 Å². The molecule has 1 amide bonds. The van der Waals surface area contributed by atoms with Crippen molar-refractivity contribution in [3.8, 4) is 0 Å². The van der Waals surface area contributed by atoms with Gasteiger partial charge in [-0.2, -0.15) is 0 Å². The molecular formula is C10H11N3O4. The largest absolute Gasteiger partial charge is 0.482 e. The minimum absolute atomic E-state index is 0.0499. The second-order valence-electron chi connectivity index (χ2n) is 2.91. The Balaban J connectivity index is 2.78. The van der Waals surface area contributed by atoms with Crippen LogP contribution in [0.15, 0.2) is 29.4 Å². The number of benzene rings is 1. The average Bonchev–Trinajstić information content (AvgIpc) is 2.34. The van der Waals surface area contributed by atoms with Gasteiger partial charge >= 0.3 is 0 Å². The van der Waals surface area contributed by atoms with E-state index in [2.05, 4.69) is 10.5 Å². The Bertz CT molecular complexity index is 445. The van der Waals surface area contributed by atoms with Gasteiger partial charge in [-0.25, -0.2) is 5.43 Å². The smallest absolute Gasteiger partial charge is 0.282 e. The van der Waals surface area contributed by atoms with Gasteiger partial charge in [-0.1, -0.05) is 12.1 Å². The molecule has 0 saturated heterocycles. The molecule has 0 atom stereocenters. The number of hydrogen-bond donors (Lipinski definition) is 1. The first-order valence-corrected chi connectivity index (χ1v) is 4.83. The van der Waals surface area contributed by atoms with Gasteiger partial charge in [0.1, 0.15) is 5.56 Å². The highest BCUT2D eigenvalue weighted by Crippen LogP contribution is 2.16. The van der Waals surface area contributed by atoms with Crippen LogP contribution in [0.1, 0.15) is 17.3 Å². The van der Waals surface area contributed by atoms with Crippen LogP contribution in [0.2, 0.25) is 0 Å². The molecule has 17 heavy (non-hydrogen) atoms. The van der Waals surface area contributed by atoms with Gasteiger partial charge in [0, 0.05) is 6.07 Å². The molecule has 1 rings (SSSR count). The average molecular weight is 237 g/mol. The summed E-state index contributed by atoms with van der Waals surface area (Å²) in [5, 5.41) is 14.1. The summed E-state index contributed by atoms with van der Waals surface area (Å²) in [5.41, 5.74) is 1.81. The summed E-state index contributed by atoms with van der Waals surface area (Å²) in [4.78, 5) is 21.6. The van der Waals surface area contributed by atoms with Gasteiger partial charge in [0.05, 0.1) is 11.5 Å². The number of nitrogens with zero attached hydrogens (tertiary/aromatic N) is 2. The Morgan fingerprint density at radius 1 is 1.59 bits per heavy atom. The molecule has 1 aromatic carbocycles. The van der Waals surface area contributed by atoms with Crippen molar-refractivity contribution in [1.82, 2.24) is 5.43 Å². The van der Waals surface area contributed by atoms with Crippen molar-refractivity contribution in [3.05, 3.63) is 39.9 Å². The molecule has 7 heteroatoms. The standard InChI is InChI=1S/C10H11N3O4/c1-2-17-7-11-12-10(14)8-5-3-4-6-9(8)13(15)16/h3-7H,2H2,1H3,(H,12,14)/b11-7+. The lowest BCUT2D eigenvalue weighted by Gasteiger charge is -2.00. The predicted octanol–water partition coefficient (Wildman–Crippen LogP) is 1.30. The molecule has 7 nitrogen and oxygen atoms in total. The Labute approximate surface area is 97.2 Å². The minimum atomic E-state index is -0.659. The highest BCUT2D eigenvalue weighted by Gasteiger charge is 2.18. The Kier molecular flexibility index (Phi) is 4.61. The maximum Gasteiger partial charge on any atom is 0.282 e. The molecule has 0 aliphatic heterocycles. The van der Waals surface area contributed by atoms with E-state index in [1.54, 1.807) is 6.92 Å². The molecule has 0 aliphatic carbocycles. The number of nitro benzene ring substituents is 1. The second kappa shape index (κ2) is 6.21. The van der Waals surface area contributed by atoms with Crippen LogP contribution in [-0.4, -0.2) is 23.8 Å². The van der Waals surface area contributed by atoms with Crippen LogP contribution < -0.4 is 5.43 Å². The molecule has 90 valence electrons. The Morgan fingerprint density at radius 2 is 2.29 bits per heavy atom. The number of hydrazone groups is 1. The molecule has 0 radical (unpaired) electrons. The fourth-order valence-corrected chi connectivity index (χ4v) is 1.08. The number of nitrogens with one attached hydrogen (secondary N) is 1. The lowest BCUT2D eigenvalue weighted by molar-refractivity contribution is -0.385. The third kappa shape index (κ3) is 3.56. The van der Waals surface area contributed by atoms with Crippen LogP contribution in [0, 0.1) is 10.1 Å². The van der Waals surface area contributed by atoms with Gasteiger partial charge in [0.25, 0.3) is 11.6 Å². The van der Waals surface area contributed by atoms with E-state index in [-0.39, 0.29) is 11.3 Å². The van der Waals surface area contributed by atoms with E-state index in [0.29, 0.717) is 6.61 Å². The van der Waals surface area contributed by atoms with Crippen LogP contribution in [-0.2, 0) is 4.74 Å². The van der Waals surface area contributed by atoms with Crippen LogP contribution in [0.4, 0.5) is 5.69 Å². The van der Waals surface area contributed by atoms with Gasteiger partial charge in [0.15, 0.2) is 6.40 Å². The third-order valence-corrected chi connectivity index (χ3v) is 1.81. The van der Waals surface area contributed by atoms with Crippen LogP contribution in [0.25, 0.3) is 0 Å². The zero-order valence-corrected chi connectivity index (χ0v) is 9.12. The summed E-state index contributed by atoms with van der Waals surface area (Å²) >= 11 is 0. The molecule has 0 bridgehead atoms. The summed E-state index contributed by atoms with van der Waals surface area (Å²) in [6, 6.07) is 5.62. The number of carbonyl (C=O) groups is 1. The molecule has 0 unspecified atom stereocenters. The second-order valence-corrected chi connectivity index (χ2v) is 2.91. The van der Waals surface area contributed by atoms with E-state index in [1.807, 2.05) is 0 Å². The summed E-state index contributed by atoms with van der Waals surface area (Å²) in [6.45, 7) is 2.18. The molecule has 0 aliphatic rings. The van der Waals surface area contributed by atoms with Crippen molar-refractivity contribution in [1.29, 1.82) is 0 Å². The number of para-hydroxylation sites is 1. The van der Waals surface area contributed by atoms with Crippen LogP contribution >= 0.6 is 0 Å². The number of carbonyl (C=O) groups excluding carboxylic acids is 1. The lowest BCUT2D eigenvalue weighted by atomic mass is 10.2. The molecule has 0 aromatic heterocycles. The van der Waals surface area contributed by atoms with Crippen molar-refractivity contribution < 1.29 is 14.5 Å². The molecule has 0 spiro atoms. The maximum absolute atomic E-state index is 11.5. The van der Waals surface area contributed by atoms with Gasteiger partial charge < -0.3 is 4.74 Å². The molecular weight excluding hydrogens is 226 g/mol. The van der Waals surface area contributed by atoms with E-state index in [4.69, 9.17) is 4.74 Å². The van der Waals surface area contributed by atoms with E-state index in [9.17, 15) is 14.9 Å². The van der Waals surface area contributed by atoms with Crippen molar-refractivity contribution in [2.45, 2.75) is 6.92 Å². The zero-order chi connectivity index (χ0) is 12.7. The Morgan fingerprint density at radius 3 is 2.94 bits per heavy atom. The molecule has 1 aromatic rings. The molecule has 0 fully saturated rings. The topological polar surface area (TPSA) is 93.8 Å². The maximum atomic E-state index is 11.5. The third-order valence-electron chi connectivity index (χ3n) is 1.81. The van der Waals surface area contributed by atoms with Crippen molar-refractivity contribution >= 4 is 18.0 Å². The van der Waals surface area contributed by atoms with Crippen molar-refractivity contribution in [3.63, 3.8) is 0 Å². The first-order valence-electron chi connectivity index (χ1n) is 4.83. The fraction of sp³-hybridized carbons (Fsp3) is 0.200. The van der Waals surface area contributed by atoms with E-state index in [1.165, 1.54) is 24.3 Å².